The third-order valence-corrected chi connectivity index (χ3v) is 3.76. The Morgan fingerprint density at radius 2 is 1.50 bits per heavy atom. The highest BCUT2D eigenvalue weighted by Crippen LogP contribution is 2.27. The monoisotopic (exact) mass is 322 g/mol. The van der Waals surface area contributed by atoms with Crippen LogP contribution in [0.25, 0.3) is 0 Å². The Kier molecular flexibility index (Phi) is 10.4. The normalized spacial score (nSPS) is 19.5. The molecule has 0 amide bonds. The van der Waals surface area contributed by atoms with E-state index in [1.165, 1.54) is 0 Å². The molecule has 0 rings (SSSR count). The first kappa shape index (κ1) is 21.8. The Hall–Kier alpha value is -0.240. The summed E-state index contributed by atoms with van der Waals surface area (Å²) in [5, 5.41) is 58.5. The second kappa shape index (κ2) is 10.5. The third kappa shape index (κ3) is 10.5. The second-order valence-electron chi connectivity index (χ2n) is 7.01. The van der Waals surface area contributed by atoms with Crippen molar-refractivity contribution < 1.29 is 30.6 Å². The lowest BCUT2D eigenvalue weighted by Crippen LogP contribution is -2.39. The first-order valence-electron chi connectivity index (χ1n) is 8.12. The fourth-order valence-electron chi connectivity index (χ4n) is 2.72. The van der Waals surface area contributed by atoms with Gasteiger partial charge in [-0.1, -0.05) is 0 Å². The van der Waals surface area contributed by atoms with E-state index in [1.807, 2.05) is 0 Å². The molecule has 0 heterocycles. The van der Waals surface area contributed by atoms with Crippen LogP contribution in [0.15, 0.2) is 0 Å². The maximum Gasteiger partial charge on any atom is 0.0621 e. The molecule has 6 heteroatoms. The van der Waals surface area contributed by atoms with E-state index in [0.29, 0.717) is 19.3 Å². The first-order chi connectivity index (χ1) is 10.1. The lowest BCUT2D eigenvalue weighted by Gasteiger charge is -2.32. The van der Waals surface area contributed by atoms with Crippen molar-refractivity contribution in [3.05, 3.63) is 0 Å². The van der Waals surface area contributed by atoms with Crippen LogP contribution in [-0.2, 0) is 0 Å². The van der Waals surface area contributed by atoms with Gasteiger partial charge in [0.2, 0.25) is 0 Å². The molecule has 0 aliphatic heterocycles. The average Bonchev–Trinajstić information content (AvgIpc) is 2.32. The van der Waals surface area contributed by atoms with Crippen molar-refractivity contribution in [3.63, 3.8) is 0 Å². The Bertz CT molecular complexity index is 276. The van der Waals surface area contributed by atoms with Gasteiger partial charge in [0.05, 0.1) is 30.0 Å². The molecule has 0 saturated heterocycles. The highest BCUT2D eigenvalue weighted by molar-refractivity contribution is 4.83. The van der Waals surface area contributed by atoms with Gasteiger partial charge in [-0.25, -0.2) is 0 Å². The second-order valence-corrected chi connectivity index (χ2v) is 7.01. The summed E-state index contributed by atoms with van der Waals surface area (Å²) in [6.45, 7) is 4.78. The average molecular weight is 322 g/mol. The predicted molar refractivity (Wildman–Crippen MR) is 84.3 cm³/mol. The van der Waals surface area contributed by atoms with Crippen LogP contribution in [-0.4, -0.2) is 67.3 Å². The maximum absolute atomic E-state index is 10.3. The van der Waals surface area contributed by atoms with E-state index < -0.39 is 35.9 Å². The van der Waals surface area contributed by atoms with Crippen LogP contribution < -0.4 is 0 Å². The summed E-state index contributed by atoms with van der Waals surface area (Å²) in [6.07, 6.45) is -1.23. The topological polar surface area (TPSA) is 121 Å². The van der Waals surface area contributed by atoms with Crippen LogP contribution in [0.5, 0.6) is 0 Å². The zero-order valence-corrected chi connectivity index (χ0v) is 14.0. The van der Waals surface area contributed by atoms with Gasteiger partial charge in [-0.3, -0.25) is 0 Å². The molecule has 0 radical (unpaired) electrons. The van der Waals surface area contributed by atoms with Crippen molar-refractivity contribution in [1.82, 2.24) is 0 Å². The number of hydrogen-bond acceptors (Lipinski definition) is 6. The molecule has 0 bridgehead atoms. The molecule has 0 aliphatic rings. The zero-order valence-electron chi connectivity index (χ0n) is 14.0. The molecule has 0 aromatic heterocycles. The quantitative estimate of drug-likeness (QED) is 0.285. The van der Waals surface area contributed by atoms with E-state index in [4.69, 9.17) is 5.11 Å². The van der Waals surface area contributed by atoms with Gasteiger partial charge in [0.15, 0.2) is 0 Å². The van der Waals surface area contributed by atoms with Crippen LogP contribution in [0.3, 0.4) is 0 Å². The lowest BCUT2D eigenvalue weighted by atomic mass is 9.82. The van der Waals surface area contributed by atoms with E-state index in [9.17, 15) is 25.5 Å². The number of aliphatic hydroxyl groups is 6. The summed E-state index contributed by atoms with van der Waals surface area (Å²) < 4.78 is 0. The van der Waals surface area contributed by atoms with Gasteiger partial charge in [0.25, 0.3) is 0 Å². The molecule has 6 nitrogen and oxygen atoms in total. The van der Waals surface area contributed by atoms with Crippen LogP contribution in [0.1, 0.15) is 59.3 Å². The molecule has 6 N–H and O–H groups in total. The number of rotatable bonds is 12. The summed E-state index contributed by atoms with van der Waals surface area (Å²) in [5.74, 6) is -0.584. The van der Waals surface area contributed by atoms with Crippen molar-refractivity contribution in [2.45, 2.75) is 89.3 Å². The largest absolute Gasteiger partial charge is 0.396 e. The van der Waals surface area contributed by atoms with Crippen LogP contribution in [0.4, 0.5) is 0 Å². The first-order valence-corrected chi connectivity index (χ1v) is 8.12. The van der Waals surface area contributed by atoms with Crippen molar-refractivity contribution in [3.8, 4) is 0 Å². The fourth-order valence-corrected chi connectivity index (χ4v) is 2.72. The van der Waals surface area contributed by atoms with Gasteiger partial charge in [-0.05, 0) is 52.9 Å². The SMILES string of the molecule is CC(O)CC(O)CC(C(O)CCCCO)C(O)CC(C)(C)O. The molecular formula is C16H34O6. The minimum Gasteiger partial charge on any atom is -0.396 e. The van der Waals surface area contributed by atoms with Crippen molar-refractivity contribution >= 4 is 0 Å². The third-order valence-electron chi connectivity index (χ3n) is 3.76. The van der Waals surface area contributed by atoms with Gasteiger partial charge in [-0.2, -0.15) is 0 Å². The standard InChI is InChI=1S/C16H34O6/c1-11(18)8-12(19)9-13(14(20)6-4-5-7-17)15(21)10-16(2,3)22/h11-15,17-22H,4-10H2,1-3H3. The molecule has 0 spiro atoms. The van der Waals surface area contributed by atoms with E-state index in [2.05, 4.69) is 0 Å². The highest BCUT2D eigenvalue weighted by Gasteiger charge is 2.32. The fraction of sp³-hybridized carbons (Fsp3) is 1.00. The van der Waals surface area contributed by atoms with Crippen LogP contribution in [0.2, 0.25) is 0 Å². The van der Waals surface area contributed by atoms with Crippen LogP contribution >= 0.6 is 0 Å². The van der Waals surface area contributed by atoms with Crippen LogP contribution in [0, 0.1) is 5.92 Å². The molecule has 0 aliphatic carbocycles. The van der Waals surface area contributed by atoms with Gasteiger partial charge >= 0.3 is 0 Å². The Morgan fingerprint density at radius 1 is 0.909 bits per heavy atom. The minimum absolute atomic E-state index is 0.0499. The number of hydrogen-bond donors (Lipinski definition) is 6. The van der Waals surface area contributed by atoms with Gasteiger partial charge in [0, 0.05) is 18.9 Å². The van der Waals surface area contributed by atoms with Crippen molar-refractivity contribution in [2.24, 2.45) is 5.92 Å². The van der Waals surface area contributed by atoms with Gasteiger partial charge in [-0.15, -0.1) is 0 Å². The van der Waals surface area contributed by atoms with E-state index in [-0.39, 0.29) is 25.9 Å². The molecule has 5 unspecified atom stereocenters. The molecular weight excluding hydrogens is 288 g/mol. The van der Waals surface area contributed by atoms with Crippen molar-refractivity contribution in [2.75, 3.05) is 6.61 Å². The van der Waals surface area contributed by atoms with Gasteiger partial charge in [0.1, 0.15) is 0 Å². The van der Waals surface area contributed by atoms with Crippen molar-refractivity contribution in [1.29, 1.82) is 0 Å². The van der Waals surface area contributed by atoms with E-state index in [1.54, 1.807) is 20.8 Å². The predicted octanol–water partition coefficient (Wildman–Crippen LogP) is 0.170. The number of aliphatic hydroxyl groups excluding tert-OH is 5. The molecule has 0 saturated carbocycles. The molecule has 22 heavy (non-hydrogen) atoms. The molecule has 0 fully saturated rings. The zero-order chi connectivity index (χ0) is 17.3. The van der Waals surface area contributed by atoms with E-state index in [0.717, 1.165) is 0 Å². The smallest absolute Gasteiger partial charge is 0.0621 e. The minimum atomic E-state index is -1.07. The lowest BCUT2D eigenvalue weighted by molar-refractivity contribution is -0.0593. The Balaban J connectivity index is 4.73. The Morgan fingerprint density at radius 3 is 1.95 bits per heavy atom. The van der Waals surface area contributed by atoms with E-state index >= 15 is 0 Å². The Labute approximate surface area is 133 Å². The molecule has 0 aromatic carbocycles. The maximum atomic E-state index is 10.3. The summed E-state index contributed by atoms with van der Waals surface area (Å²) in [5.41, 5.74) is -1.07. The molecule has 5 atom stereocenters. The summed E-state index contributed by atoms with van der Waals surface area (Å²) in [7, 11) is 0. The number of unbranched alkanes of at least 4 members (excludes halogenated alkanes) is 1. The summed E-state index contributed by atoms with van der Waals surface area (Å²) in [6, 6.07) is 0. The summed E-state index contributed by atoms with van der Waals surface area (Å²) in [4.78, 5) is 0. The summed E-state index contributed by atoms with van der Waals surface area (Å²) >= 11 is 0. The molecule has 134 valence electrons. The highest BCUT2D eigenvalue weighted by atomic mass is 16.3. The van der Waals surface area contributed by atoms with Gasteiger partial charge < -0.3 is 30.6 Å². The molecule has 0 aromatic rings.